The van der Waals surface area contributed by atoms with Crippen LogP contribution in [0.5, 0.6) is 0 Å². The molecule has 1 unspecified atom stereocenters. The summed E-state index contributed by atoms with van der Waals surface area (Å²) in [4.78, 5) is 0. The zero-order chi connectivity index (χ0) is 13.3. The van der Waals surface area contributed by atoms with Crippen LogP contribution >= 0.6 is 0 Å². The molecule has 0 spiro atoms. The molecule has 1 aromatic heterocycles. The van der Waals surface area contributed by atoms with Gasteiger partial charge in [0.25, 0.3) is 0 Å². The average Bonchev–Trinajstić information content (AvgIpc) is 2.77. The summed E-state index contributed by atoms with van der Waals surface area (Å²) in [7, 11) is 2.00. The van der Waals surface area contributed by atoms with E-state index in [0.717, 1.165) is 38.2 Å². The number of hydrogen-bond acceptors (Lipinski definition) is 3. The molecule has 0 bridgehead atoms. The van der Waals surface area contributed by atoms with Gasteiger partial charge in [0.15, 0.2) is 0 Å². The van der Waals surface area contributed by atoms with Crippen molar-refractivity contribution in [2.24, 2.45) is 18.2 Å². The Labute approximate surface area is 113 Å². The molecule has 1 aliphatic heterocycles. The molecule has 19 heavy (non-hydrogen) atoms. The Balaban J connectivity index is 1.96. The van der Waals surface area contributed by atoms with Crippen molar-refractivity contribution in [2.45, 2.75) is 19.3 Å². The van der Waals surface area contributed by atoms with Gasteiger partial charge in [0.2, 0.25) is 0 Å². The van der Waals surface area contributed by atoms with E-state index < -0.39 is 0 Å². The zero-order valence-electron chi connectivity index (χ0n) is 11.4. The van der Waals surface area contributed by atoms with E-state index in [9.17, 15) is 0 Å². The van der Waals surface area contributed by atoms with Crippen molar-refractivity contribution < 1.29 is 4.74 Å². The van der Waals surface area contributed by atoms with E-state index in [1.165, 1.54) is 10.9 Å². The van der Waals surface area contributed by atoms with Gasteiger partial charge in [-0.2, -0.15) is 5.10 Å². The number of aryl methyl sites for hydroxylation is 1. The summed E-state index contributed by atoms with van der Waals surface area (Å²) in [6.45, 7) is 2.29. The van der Waals surface area contributed by atoms with Crippen molar-refractivity contribution in [1.82, 2.24) is 9.78 Å². The molecule has 1 atom stereocenters. The number of nitrogens with zero attached hydrogens (tertiary/aromatic N) is 2. The van der Waals surface area contributed by atoms with Crippen molar-refractivity contribution in [3.05, 3.63) is 30.0 Å². The Morgan fingerprint density at radius 3 is 3.00 bits per heavy atom. The van der Waals surface area contributed by atoms with E-state index in [1.54, 1.807) is 0 Å². The van der Waals surface area contributed by atoms with Gasteiger partial charge < -0.3 is 10.5 Å². The molecule has 0 amide bonds. The fraction of sp³-hybridized carbons (Fsp3) is 0.533. The predicted molar refractivity (Wildman–Crippen MR) is 76.0 cm³/mol. The third kappa shape index (κ3) is 2.26. The van der Waals surface area contributed by atoms with Crippen molar-refractivity contribution in [1.29, 1.82) is 0 Å². The van der Waals surface area contributed by atoms with Gasteiger partial charge in [0.05, 0.1) is 17.8 Å². The molecule has 0 radical (unpaired) electrons. The van der Waals surface area contributed by atoms with Crippen LogP contribution < -0.4 is 5.73 Å². The maximum absolute atomic E-state index is 6.02. The van der Waals surface area contributed by atoms with Gasteiger partial charge in [0.1, 0.15) is 0 Å². The Morgan fingerprint density at radius 1 is 1.42 bits per heavy atom. The summed E-state index contributed by atoms with van der Waals surface area (Å²) in [5.41, 5.74) is 8.42. The lowest BCUT2D eigenvalue weighted by molar-refractivity contribution is -0.00301. The van der Waals surface area contributed by atoms with Crippen LogP contribution in [0.2, 0.25) is 0 Å². The molecule has 4 heteroatoms. The summed E-state index contributed by atoms with van der Waals surface area (Å²) >= 11 is 0. The molecular formula is C15H21N3O. The number of rotatable bonds is 3. The number of aromatic nitrogens is 2. The minimum absolute atomic E-state index is 0.0649. The number of benzene rings is 1. The van der Waals surface area contributed by atoms with Gasteiger partial charge in [0, 0.05) is 37.4 Å². The second kappa shape index (κ2) is 4.94. The largest absolute Gasteiger partial charge is 0.381 e. The van der Waals surface area contributed by atoms with E-state index in [4.69, 9.17) is 10.5 Å². The number of hydrogen-bond donors (Lipinski definition) is 1. The lowest BCUT2D eigenvalue weighted by Gasteiger charge is -2.35. The molecule has 0 aliphatic carbocycles. The van der Waals surface area contributed by atoms with Crippen LogP contribution in [0.3, 0.4) is 0 Å². The zero-order valence-corrected chi connectivity index (χ0v) is 11.4. The average molecular weight is 259 g/mol. The molecule has 3 rings (SSSR count). The van der Waals surface area contributed by atoms with Crippen molar-refractivity contribution in [2.75, 3.05) is 19.8 Å². The third-order valence-corrected chi connectivity index (χ3v) is 4.21. The minimum atomic E-state index is 0.0649. The Bertz CT molecular complexity index is 570. The minimum Gasteiger partial charge on any atom is -0.381 e. The van der Waals surface area contributed by atoms with Crippen molar-refractivity contribution in [3.8, 4) is 0 Å². The molecule has 0 saturated carbocycles. The fourth-order valence-electron chi connectivity index (χ4n) is 3.06. The Kier molecular flexibility index (Phi) is 3.29. The molecule has 2 heterocycles. The second-order valence-electron chi connectivity index (χ2n) is 5.62. The number of fused-ring (bicyclic) bond motifs is 1. The van der Waals surface area contributed by atoms with Crippen LogP contribution in [0, 0.1) is 5.41 Å². The van der Waals surface area contributed by atoms with Gasteiger partial charge in [-0.15, -0.1) is 0 Å². The van der Waals surface area contributed by atoms with Crippen LogP contribution in [0.25, 0.3) is 10.9 Å². The van der Waals surface area contributed by atoms with Gasteiger partial charge >= 0.3 is 0 Å². The van der Waals surface area contributed by atoms with Gasteiger partial charge in [-0.05, 0) is 18.9 Å². The summed E-state index contributed by atoms with van der Waals surface area (Å²) < 4.78 is 7.61. The predicted octanol–water partition coefficient (Wildman–Crippen LogP) is 1.87. The third-order valence-electron chi connectivity index (χ3n) is 4.21. The molecule has 102 valence electrons. The maximum atomic E-state index is 6.02. The lowest BCUT2D eigenvalue weighted by Crippen LogP contribution is -2.40. The first-order valence-corrected chi connectivity index (χ1v) is 6.93. The first-order chi connectivity index (χ1) is 9.24. The molecule has 1 saturated heterocycles. The van der Waals surface area contributed by atoms with Crippen molar-refractivity contribution >= 4 is 10.9 Å². The lowest BCUT2D eigenvalue weighted by atomic mass is 9.78. The van der Waals surface area contributed by atoms with Crippen LogP contribution in [0.1, 0.15) is 18.5 Å². The summed E-state index contributed by atoms with van der Waals surface area (Å²) in [6.07, 6.45) is 3.14. The molecule has 1 fully saturated rings. The fourth-order valence-corrected chi connectivity index (χ4v) is 3.06. The van der Waals surface area contributed by atoms with Gasteiger partial charge in [-0.3, -0.25) is 4.68 Å². The van der Waals surface area contributed by atoms with Crippen molar-refractivity contribution in [3.63, 3.8) is 0 Å². The first kappa shape index (κ1) is 12.6. The summed E-state index contributed by atoms with van der Waals surface area (Å²) in [5.74, 6) is 0. The smallest absolute Gasteiger partial charge is 0.0710 e. The highest BCUT2D eigenvalue weighted by molar-refractivity contribution is 5.81. The second-order valence-corrected chi connectivity index (χ2v) is 5.62. The van der Waals surface area contributed by atoms with E-state index in [2.05, 4.69) is 29.4 Å². The molecule has 1 aromatic carbocycles. The van der Waals surface area contributed by atoms with E-state index in [0.29, 0.717) is 6.54 Å². The highest BCUT2D eigenvalue weighted by Crippen LogP contribution is 2.33. The summed E-state index contributed by atoms with van der Waals surface area (Å²) in [5, 5.41) is 5.92. The normalized spacial score (nSPS) is 23.9. The summed E-state index contributed by atoms with van der Waals surface area (Å²) in [6, 6.07) is 8.38. The number of nitrogens with two attached hydrogens (primary N) is 1. The van der Waals surface area contributed by atoms with Crippen LogP contribution in [-0.2, 0) is 18.2 Å². The molecule has 2 aromatic rings. The topological polar surface area (TPSA) is 53.1 Å². The highest BCUT2D eigenvalue weighted by atomic mass is 16.5. The molecular weight excluding hydrogens is 238 g/mol. The van der Waals surface area contributed by atoms with E-state index >= 15 is 0 Å². The van der Waals surface area contributed by atoms with Crippen LogP contribution in [0.15, 0.2) is 24.3 Å². The van der Waals surface area contributed by atoms with Gasteiger partial charge in [-0.1, -0.05) is 18.2 Å². The van der Waals surface area contributed by atoms with Crippen LogP contribution in [0.4, 0.5) is 0 Å². The highest BCUT2D eigenvalue weighted by Gasteiger charge is 2.33. The van der Waals surface area contributed by atoms with E-state index in [1.807, 2.05) is 11.7 Å². The Hall–Kier alpha value is -1.39. The monoisotopic (exact) mass is 259 g/mol. The number of para-hydroxylation sites is 1. The van der Waals surface area contributed by atoms with E-state index in [-0.39, 0.29) is 5.41 Å². The quantitative estimate of drug-likeness (QED) is 0.915. The first-order valence-electron chi connectivity index (χ1n) is 6.93. The maximum Gasteiger partial charge on any atom is 0.0710 e. The molecule has 2 N–H and O–H groups in total. The molecule has 1 aliphatic rings. The SMILES string of the molecule is Cn1nc(CC2(CN)CCCOC2)c2ccccc21. The Morgan fingerprint density at radius 2 is 2.26 bits per heavy atom. The van der Waals surface area contributed by atoms with Crippen LogP contribution in [-0.4, -0.2) is 29.5 Å². The standard InChI is InChI=1S/C15H21N3O/c1-18-14-6-3-2-5-12(14)13(17-18)9-15(10-16)7-4-8-19-11-15/h2-3,5-6H,4,7-11,16H2,1H3. The number of ether oxygens (including phenoxy) is 1. The molecule has 4 nitrogen and oxygen atoms in total. The van der Waals surface area contributed by atoms with Gasteiger partial charge in [-0.25, -0.2) is 0 Å².